The minimum atomic E-state index is -0.643. The smallest absolute Gasteiger partial charge is 0.255 e. The van der Waals surface area contributed by atoms with E-state index in [9.17, 15) is 13.6 Å². The first-order valence-electron chi connectivity index (χ1n) is 8.17. The second-order valence-corrected chi connectivity index (χ2v) is 6.27. The van der Waals surface area contributed by atoms with Gasteiger partial charge in [-0.25, -0.2) is 18.8 Å². The third-order valence-corrected chi connectivity index (χ3v) is 4.43. The molecule has 2 heterocycles. The van der Waals surface area contributed by atoms with Crippen LogP contribution in [0.3, 0.4) is 0 Å². The molecular formula is C17H21F2N5O. The van der Waals surface area contributed by atoms with Gasteiger partial charge in [0.15, 0.2) is 0 Å². The first-order chi connectivity index (χ1) is 11.9. The summed E-state index contributed by atoms with van der Waals surface area (Å²) in [5.41, 5.74) is 3.37. The van der Waals surface area contributed by atoms with Crippen molar-refractivity contribution >= 4 is 5.95 Å². The number of hydrogen-bond acceptors (Lipinski definition) is 5. The largest absolute Gasteiger partial charge is 0.304 e. The number of benzene rings is 1. The van der Waals surface area contributed by atoms with Gasteiger partial charge >= 0.3 is 0 Å². The molecule has 0 saturated carbocycles. The van der Waals surface area contributed by atoms with E-state index in [1.807, 2.05) is 12.1 Å². The Balaban J connectivity index is 1.85. The van der Waals surface area contributed by atoms with E-state index < -0.39 is 11.6 Å². The molecule has 1 aliphatic rings. The maximum absolute atomic E-state index is 13.9. The van der Waals surface area contributed by atoms with Gasteiger partial charge in [0.25, 0.3) is 5.56 Å². The van der Waals surface area contributed by atoms with Gasteiger partial charge in [0.05, 0.1) is 5.69 Å². The molecule has 6 nitrogen and oxygen atoms in total. The van der Waals surface area contributed by atoms with E-state index in [4.69, 9.17) is 0 Å². The van der Waals surface area contributed by atoms with Gasteiger partial charge in [-0.15, -0.1) is 0 Å². The molecule has 1 aliphatic heterocycles. The molecule has 2 N–H and O–H groups in total. The van der Waals surface area contributed by atoms with E-state index in [1.165, 1.54) is 18.2 Å². The average Bonchev–Trinajstić information content (AvgIpc) is 2.57. The number of aromatic nitrogens is 2. The molecule has 0 radical (unpaired) electrons. The van der Waals surface area contributed by atoms with Crippen LogP contribution in [-0.2, 0) is 6.42 Å². The van der Waals surface area contributed by atoms with Gasteiger partial charge in [-0.2, -0.15) is 0 Å². The molecule has 1 aromatic carbocycles. The fourth-order valence-electron chi connectivity index (χ4n) is 2.74. The molecular weight excluding hydrogens is 328 g/mol. The molecule has 0 spiro atoms. The lowest BCUT2D eigenvalue weighted by molar-refractivity contribution is 0.178. The summed E-state index contributed by atoms with van der Waals surface area (Å²) in [6.07, 6.45) is -0.0777. The topological polar surface area (TPSA) is 64.3 Å². The molecule has 0 unspecified atom stereocenters. The van der Waals surface area contributed by atoms with Crippen LogP contribution in [0.4, 0.5) is 14.7 Å². The molecule has 1 aromatic heterocycles. The second-order valence-electron chi connectivity index (χ2n) is 6.27. The number of nitrogens with one attached hydrogen (secondary N) is 2. The highest BCUT2D eigenvalue weighted by Gasteiger charge is 2.17. The summed E-state index contributed by atoms with van der Waals surface area (Å²) in [5.74, 6) is -1.00. The van der Waals surface area contributed by atoms with E-state index in [2.05, 4.69) is 20.3 Å². The van der Waals surface area contributed by atoms with Crippen molar-refractivity contribution in [3.63, 3.8) is 0 Å². The highest BCUT2D eigenvalue weighted by atomic mass is 19.1. The lowest BCUT2D eigenvalue weighted by Crippen LogP contribution is -2.47. The van der Waals surface area contributed by atoms with E-state index >= 15 is 0 Å². The fourth-order valence-corrected chi connectivity index (χ4v) is 2.74. The van der Waals surface area contributed by atoms with Gasteiger partial charge in [0.1, 0.15) is 11.6 Å². The number of piperazine rings is 1. The summed E-state index contributed by atoms with van der Waals surface area (Å²) in [4.78, 5) is 21.4. The van der Waals surface area contributed by atoms with Gasteiger partial charge in [-0.3, -0.25) is 15.2 Å². The minimum Gasteiger partial charge on any atom is -0.304 e. The number of hydrogen-bond donors (Lipinski definition) is 2. The minimum absolute atomic E-state index is 0.0777. The maximum atomic E-state index is 13.9. The molecule has 3 rings (SSSR count). The van der Waals surface area contributed by atoms with Crippen LogP contribution in [0, 0.1) is 18.6 Å². The average molecular weight is 349 g/mol. The van der Waals surface area contributed by atoms with Crippen LogP contribution in [-0.4, -0.2) is 53.1 Å². The Morgan fingerprint density at radius 2 is 1.84 bits per heavy atom. The molecule has 0 atom stereocenters. The maximum Gasteiger partial charge on any atom is 0.255 e. The number of rotatable bonds is 4. The Kier molecular flexibility index (Phi) is 5.10. The Bertz CT molecular complexity index is 795. The number of H-pyrrole nitrogens is 1. The monoisotopic (exact) mass is 349 g/mol. The molecule has 0 bridgehead atoms. The SMILES string of the molecule is Cc1c(Cc2c(F)cccc2F)nc(NN2CCN(C)CC2)[nH]c1=O. The van der Waals surface area contributed by atoms with E-state index in [0.717, 1.165) is 26.2 Å². The molecule has 134 valence electrons. The Hall–Kier alpha value is -2.32. The Labute approximate surface area is 144 Å². The van der Waals surface area contributed by atoms with E-state index in [1.54, 1.807) is 6.92 Å². The summed E-state index contributed by atoms with van der Waals surface area (Å²) >= 11 is 0. The molecule has 0 amide bonds. The predicted octanol–water partition coefficient (Wildman–Crippen LogP) is 1.52. The fraction of sp³-hybridized carbons (Fsp3) is 0.412. The van der Waals surface area contributed by atoms with Crippen molar-refractivity contribution in [1.82, 2.24) is 19.9 Å². The van der Waals surface area contributed by atoms with Crippen LogP contribution in [0.25, 0.3) is 0 Å². The van der Waals surface area contributed by atoms with Crippen molar-refractivity contribution in [1.29, 1.82) is 0 Å². The highest BCUT2D eigenvalue weighted by molar-refractivity contribution is 5.33. The Morgan fingerprint density at radius 1 is 1.20 bits per heavy atom. The van der Waals surface area contributed by atoms with Crippen LogP contribution in [0.15, 0.2) is 23.0 Å². The standard InChI is InChI=1S/C17H21F2N5O/c1-11-15(10-12-13(18)4-3-5-14(12)19)20-17(21-16(11)25)22-24-8-6-23(2)7-9-24/h3-5H,6-10H2,1-2H3,(H2,20,21,22,25). The lowest BCUT2D eigenvalue weighted by Gasteiger charge is -2.32. The van der Waals surface area contributed by atoms with Crippen LogP contribution in [0.1, 0.15) is 16.8 Å². The van der Waals surface area contributed by atoms with Crippen LogP contribution < -0.4 is 11.0 Å². The summed E-state index contributed by atoms with van der Waals surface area (Å²) in [7, 11) is 2.05. The molecule has 0 aliphatic carbocycles. The summed E-state index contributed by atoms with van der Waals surface area (Å²) in [6, 6.07) is 3.71. The van der Waals surface area contributed by atoms with E-state index in [0.29, 0.717) is 11.3 Å². The first-order valence-corrected chi connectivity index (χ1v) is 8.17. The zero-order valence-corrected chi connectivity index (χ0v) is 14.3. The van der Waals surface area contributed by atoms with Crippen molar-refractivity contribution < 1.29 is 8.78 Å². The third-order valence-electron chi connectivity index (χ3n) is 4.43. The second kappa shape index (κ2) is 7.28. The number of nitrogens with zero attached hydrogens (tertiary/aromatic N) is 3. The number of anilines is 1. The zero-order chi connectivity index (χ0) is 18.0. The highest BCUT2D eigenvalue weighted by Crippen LogP contribution is 2.17. The van der Waals surface area contributed by atoms with E-state index in [-0.39, 0.29) is 23.5 Å². The number of likely N-dealkylation sites (N-methyl/N-ethyl adjacent to an activating group) is 1. The molecule has 1 saturated heterocycles. The van der Waals surface area contributed by atoms with Gasteiger partial charge < -0.3 is 4.90 Å². The van der Waals surface area contributed by atoms with Crippen molar-refractivity contribution in [2.45, 2.75) is 13.3 Å². The van der Waals surface area contributed by atoms with Crippen LogP contribution in [0.5, 0.6) is 0 Å². The van der Waals surface area contributed by atoms with Gasteiger partial charge in [-0.05, 0) is 26.1 Å². The van der Waals surface area contributed by atoms with Gasteiger partial charge in [0, 0.05) is 43.7 Å². The summed E-state index contributed by atoms with van der Waals surface area (Å²) < 4.78 is 27.8. The number of halogens is 2. The molecule has 1 fully saturated rings. The van der Waals surface area contributed by atoms with Crippen LogP contribution >= 0.6 is 0 Å². The van der Waals surface area contributed by atoms with Crippen molar-refractivity contribution in [2.24, 2.45) is 0 Å². The molecule has 25 heavy (non-hydrogen) atoms. The van der Waals surface area contributed by atoms with Gasteiger partial charge in [0.2, 0.25) is 5.95 Å². The zero-order valence-electron chi connectivity index (χ0n) is 14.3. The van der Waals surface area contributed by atoms with Crippen molar-refractivity contribution in [3.05, 3.63) is 57.0 Å². The third kappa shape index (κ3) is 4.02. The normalized spacial score (nSPS) is 16.2. The lowest BCUT2D eigenvalue weighted by atomic mass is 10.1. The predicted molar refractivity (Wildman–Crippen MR) is 91.5 cm³/mol. The van der Waals surface area contributed by atoms with Crippen molar-refractivity contribution in [2.75, 3.05) is 38.7 Å². The van der Waals surface area contributed by atoms with Gasteiger partial charge in [-0.1, -0.05) is 6.07 Å². The molecule has 2 aromatic rings. The van der Waals surface area contributed by atoms with Crippen LogP contribution in [0.2, 0.25) is 0 Å². The number of aromatic amines is 1. The summed E-state index contributed by atoms with van der Waals surface area (Å²) in [6.45, 7) is 4.96. The first kappa shape index (κ1) is 17.5. The number of hydrazine groups is 1. The summed E-state index contributed by atoms with van der Waals surface area (Å²) in [5, 5.41) is 1.96. The van der Waals surface area contributed by atoms with Crippen molar-refractivity contribution in [3.8, 4) is 0 Å². The molecule has 8 heteroatoms. The Morgan fingerprint density at radius 3 is 2.48 bits per heavy atom. The quantitative estimate of drug-likeness (QED) is 0.876.